The molecule has 4 atom stereocenters. The number of hydrogen-bond acceptors (Lipinski definition) is 8. The Bertz CT molecular complexity index is 1100. The molecule has 6 amide bonds. The Kier molecular flexibility index (Phi) is 15.7. The zero-order valence-electron chi connectivity index (χ0n) is 27.9. The number of Topliss-reactive ketones (excluding diaryl/α,β-unsaturated/α-hetero) is 1. The molecule has 0 aromatic rings. The molecular formula is C31H52N6O8. The number of carbonyl (C=O) groups excluding carboxylic acids is 7. The number of nitrogens with zero attached hydrogens (tertiary/aromatic N) is 1. The van der Waals surface area contributed by atoms with Gasteiger partial charge in [-0.25, -0.2) is 4.79 Å². The Morgan fingerprint density at radius 1 is 1.00 bits per heavy atom. The summed E-state index contributed by atoms with van der Waals surface area (Å²) in [5, 5.41) is 12.5. The van der Waals surface area contributed by atoms with E-state index < -0.39 is 77.5 Å². The molecule has 0 saturated carbocycles. The Morgan fingerprint density at radius 2 is 1.64 bits per heavy atom. The van der Waals surface area contributed by atoms with Crippen LogP contribution in [0.25, 0.3) is 0 Å². The number of rotatable bonds is 16. The third kappa shape index (κ3) is 12.5. The fourth-order valence-electron chi connectivity index (χ4n) is 4.71. The third-order valence-corrected chi connectivity index (χ3v) is 7.11. The summed E-state index contributed by atoms with van der Waals surface area (Å²) in [6, 6.07) is -3.95. The molecule has 3 unspecified atom stereocenters. The van der Waals surface area contributed by atoms with Crippen LogP contribution in [0.4, 0.5) is 4.79 Å². The van der Waals surface area contributed by atoms with Crippen LogP contribution in [0.1, 0.15) is 81.1 Å². The fourth-order valence-corrected chi connectivity index (χ4v) is 4.71. The van der Waals surface area contributed by atoms with E-state index >= 15 is 0 Å². The number of alkyl carbamates (subject to hydrolysis) is 1. The summed E-state index contributed by atoms with van der Waals surface area (Å²) in [6.45, 7) is 17.7. The summed E-state index contributed by atoms with van der Waals surface area (Å²) >= 11 is 0. The molecule has 0 radical (unpaired) electrons. The van der Waals surface area contributed by atoms with Crippen molar-refractivity contribution in [2.75, 3.05) is 19.7 Å². The maximum absolute atomic E-state index is 13.5. The van der Waals surface area contributed by atoms with Gasteiger partial charge in [-0.2, -0.15) is 0 Å². The zero-order chi connectivity index (χ0) is 34.5. The number of likely N-dealkylation sites (tertiary alicyclic amines) is 1. The van der Waals surface area contributed by atoms with Crippen LogP contribution in [0.2, 0.25) is 0 Å². The fraction of sp³-hybridized carbons (Fsp3) is 0.710. The molecule has 0 aromatic heterocycles. The molecule has 14 heteroatoms. The summed E-state index contributed by atoms with van der Waals surface area (Å²) < 4.78 is 5.17. The highest BCUT2D eigenvalue weighted by Gasteiger charge is 2.40. The average molecular weight is 637 g/mol. The maximum Gasteiger partial charge on any atom is 0.407 e. The number of ether oxygens (including phenoxy) is 1. The van der Waals surface area contributed by atoms with Crippen molar-refractivity contribution in [3.8, 4) is 0 Å². The second-order valence-electron chi connectivity index (χ2n) is 13.0. The summed E-state index contributed by atoms with van der Waals surface area (Å²) in [6.07, 6.45) is 1.96. The SMILES string of the molecule is C=CNC(=O)C(NC(=O)CNC(=O)C(=O)C(CCC)NC(=O)[C@@H]1CCCN1C(=O)C(NC(=O)OCC(C)C)C(C)C)C(C)(C)C. The smallest absolute Gasteiger partial charge is 0.407 e. The van der Waals surface area contributed by atoms with E-state index in [0.29, 0.717) is 19.3 Å². The van der Waals surface area contributed by atoms with Crippen molar-refractivity contribution in [1.82, 2.24) is 31.5 Å². The first-order chi connectivity index (χ1) is 20.9. The van der Waals surface area contributed by atoms with Crippen LogP contribution in [-0.4, -0.2) is 90.2 Å². The van der Waals surface area contributed by atoms with Gasteiger partial charge >= 0.3 is 6.09 Å². The van der Waals surface area contributed by atoms with Gasteiger partial charge in [0.25, 0.3) is 5.91 Å². The Morgan fingerprint density at radius 3 is 2.18 bits per heavy atom. The first kappa shape index (κ1) is 39.1. The van der Waals surface area contributed by atoms with Gasteiger partial charge in [0, 0.05) is 6.54 Å². The van der Waals surface area contributed by atoms with Gasteiger partial charge in [-0.15, -0.1) is 0 Å². The van der Waals surface area contributed by atoms with E-state index in [-0.39, 0.29) is 31.4 Å². The highest BCUT2D eigenvalue weighted by Crippen LogP contribution is 2.21. The summed E-state index contributed by atoms with van der Waals surface area (Å²) in [5.41, 5.74) is -0.656. The van der Waals surface area contributed by atoms with Crippen molar-refractivity contribution in [3.63, 3.8) is 0 Å². The molecule has 1 saturated heterocycles. The van der Waals surface area contributed by atoms with Gasteiger partial charge in [0.05, 0.1) is 19.2 Å². The van der Waals surface area contributed by atoms with Gasteiger partial charge in [0.15, 0.2) is 0 Å². The molecule has 1 rings (SSSR count). The third-order valence-electron chi connectivity index (χ3n) is 7.11. The minimum absolute atomic E-state index is 0.116. The maximum atomic E-state index is 13.5. The molecule has 1 heterocycles. The van der Waals surface area contributed by atoms with Gasteiger partial charge < -0.3 is 36.2 Å². The van der Waals surface area contributed by atoms with Crippen LogP contribution < -0.4 is 26.6 Å². The van der Waals surface area contributed by atoms with Crippen LogP contribution in [0.15, 0.2) is 12.8 Å². The molecule has 1 fully saturated rings. The van der Waals surface area contributed by atoms with E-state index in [0.717, 1.165) is 0 Å². The second kappa shape index (κ2) is 18.1. The predicted molar refractivity (Wildman–Crippen MR) is 167 cm³/mol. The van der Waals surface area contributed by atoms with Crippen molar-refractivity contribution < 1.29 is 38.3 Å². The minimum Gasteiger partial charge on any atom is -0.449 e. The number of ketones is 1. The lowest BCUT2D eigenvalue weighted by molar-refractivity contribution is -0.143. The van der Waals surface area contributed by atoms with Crippen LogP contribution in [0, 0.1) is 17.3 Å². The van der Waals surface area contributed by atoms with Crippen molar-refractivity contribution >= 4 is 41.4 Å². The summed E-state index contributed by atoms with van der Waals surface area (Å²) in [4.78, 5) is 91.1. The van der Waals surface area contributed by atoms with E-state index in [4.69, 9.17) is 4.74 Å². The molecular weight excluding hydrogens is 584 g/mol. The standard InChI is InChI=1S/C31H52N6O8/c1-10-13-20(24(39)27(41)33-16-22(38)35-25(31(7,8)9)28(42)32-11-2)34-26(40)21-14-12-15-37(21)29(43)23(19(5)6)36-30(44)45-17-18(3)4/h11,18-21,23,25H,2,10,12-17H2,1,3-9H3,(H,32,42)(H,33,41)(H,34,40)(H,35,38)(H,36,44)/t20?,21-,23?,25?/m0/s1. The zero-order valence-corrected chi connectivity index (χ0v) is 27.9. The van der Waals surface area contributed by atoms with Crippen LogP contribution in [0.5, 0.6) is 0 Å². The largest absolute Gasteiger partial charge is 0.449 e. The van der Waals surface area contributed by atoms with Crippen LogP contribution in [-0.2, 0) is 33.5 Å². The molecule has 0 bridgehead atoms. The van der Waals surface area contributed by atoms with Gasteiger partial charge in [-0.1, -0.05) is 68.4 Å². The van der Waals surface area contributed by atoms with Gasteiger partial charge in [-0.05, 0) is 42.7 Å². The molecule has 5 N–H and O–H groups in total. The molecule has 1 aliphatic rings. The normalized spacial score (nSPS) is 16.7. The van der Waals surface area contributed by atoms with Crippen LogP contribution in [0.3, 0.4) is 0 Å². The van der Waals surface area contributed by atoms with Gasteiger partial charge in [-0.3, -0.25) is 28.8 Å². The first-order valence-electron chi connectivity index (χ1n) is 15.5. The first-order valence-corrected chi connectivity index (χ1v) is 15.5. The van der Waals surface area contributed by atoms with E-state index in [1.54, 1.807) is 41.5 Å². The molecule has 0 spiro atoms. The van der Waals surface area contributed by atoms with Crippen molar-refractivity contribution in [1.29, 1.82) is 0 Å². The molecule has 14 nitrogen and oxygen atoms in total. The minimum atomic E-state index is -1.19. The highest BCUT2D eigenvalue weighted by molar-refractivity contribution is 6.38. The molecule has 0 aromatic carbocycles. The monoisotopic (exact) mass is 636 g/mol. The van der Waals surface area contributed by atoms with Crippen molar-refractivity contribution in [3.05, 3.63) is 12.8 Å². The lowest BCUT2D eigenvalue weighted by atomic mass is 9.86. The molecule has 1 aliphatic heterocycles. The number of carbonyl (C=O) groups is 7. The predicted octanol–water partition coefficient (Wildman–Crippen LogP) is 1.15. The average Bonchev–Trinajstić information content (AvgIpc) is 3.45. The Labute approximate surface area is 266 Å². The number of nitrogens with one attached hydrogen (secondary N) is 5. The highest BCUT2D eigenvalue weighted by atomic mass is 16.5. The molecule has 254 valence electrons. The number of amides is 6. The van der Waals surface area contributed by atoms with E-state index in [1.165, 1.54) is 11.1 Å². The summed E-state index contributed by atoms with van der Waals surface area (Å²) in [7, 11) is 0. The lowest BCUT2D eigenvalue weighted by Crippen LogP contribution is -2.57. The topological polar surface area (TPSA) is 192 Å². The lowest BCUT2D eigenvalue weighted by Gasteiger charge is -2.31. The molecule has 0 aliphatic carbocycles. The quantitative estimate of drug-likeness (QED) is 0.156. The van der Waals surface area contributed by atoms with Crippen LogP contribution >= 0.6 is 0 Å². The second-order valence-corrected chi connectivity index (χ2v) is 13.0. The number of hydrogen-bond donors (Lipinski definition) is 5. The molecule has 45 heavy (non-hydrogen) atoms. The van der Waals surface area contributed by atoms with Gasteiger partial charge in [0.2, 0.25) is 29.4 Å². The Hall–Kier alpha value is -3.97. The Balaban J connectivity index is 2.90. The van der Waals surface area contributed by atoms with Crippen molar-refractivity contribution in [2.45, 2.75) is 105 Å². The van der Waals surface area contributed by atoms with Crippen molar-refractivity contribution in [2.24, 2.45) is 17.3 Å². The van der Waals surface area contributed by atoms with E-state index in [1.807, 2.05) is 13.8 Å². The van der Waals surface area contributed by atoms with E-state index in [9.17, 15) is 33.6 Å². The van der Waals surface area contributed by atoms with Gasteiger partial charge in [0.1, 0.15) is 18.1 Å². The van der Waals surface area contributed by atoms with E-state index in [2.05, 4.69) is 33.2 Å². The summed E-state index contributed by atoms with van der Waals surface area (Å²) in [5.74, 6) is -4.40.